The van der Waals surface area contributed by atoms with Gasteiger partial charge in [0, 0.05) is 34.7 Å². The topological polar surface area (TPSA) is 56.4 Å². The molecule has 2 aliphatic rings. The van der Waals surface area contributed by atoms with Gasteiger partial charge in [-0.3, -0.25) is 14.5 Å². The fourth-order valence-electron chi connectivity index (χ4n) is 4.29. The van der Waals surface area contributed by atoms with Gasteiger partial charge in [0.15, 0.2) is 0 Å². The van der Waals surface area contributed by atoms with Crippen molar-refractivity contribution >= 4 is 40.0 Å². The molecule has 142 valence electrons. The summed E-state index contributed by atoms with van der Waals surface area (Å²) in [5.41, 5.74) is 3.28. The molecule has 28 heavy (non-hydrogen) atoms. The number of nitrogens with zero attached hydrogens (tertiary/aromatic N) is 2. The van der Waals surface area contributed by atoms with E-state index in [4.69, 9.17) is 11.6 Å². The number of halogens is 2. The van der Waals surface area contributed by atoms with E-state index in [0.717, 1.165) is 27.9 Å². The van der Waals surface area contributed by atoms with Crippen molar-refractivity contribution in [2.75, 3.05) is 11.4 Å². The van der Waals surface area contributed by atoms with Crippen molar-refractivity contribution in [3.05, 3.63) is 64.6 Å². The number of H-pyrrole nitrogens is 1. The predicted molar refractivity (Wildman–Crippen MR) is 105 cm³/mol. The van der Waals surface area contributed by atoms with Crippen LogP contribution < -0.4 is 4.90 Å². The third-order valence-corrected chi connectivity index (χ3v) is 5.86. The average Bonchev–Trinajstić information content (AvgIpc) is 3.18. The van der Waals surface area contributed by atoms with E-state index in [0.29, 0.717) is 18.1 Å². The zero-order valence-corrected chi connectivity index (χ0v) is 15.7. The minimum absolute atomic E-state index is 0.0259. The highest BCUT2D eigenvalue weighted by Crippen LogP contribution is 2.33. The minimum Gasteiger partial charge on any atom is -0.357 e. The number of benzene rings is 2. The van der Waals surface area contributed by atoms with E-state index in [9.17, 15) is 14.0 Å². The van der Waals surface area contributed by atoms with E-state index in [1.165, 1.54) is 23.8 Å². The second-order valence-corrected chi connectivity index (χ2v) is 7.67. The first-order valence-corrected chi connectivity index (χ1v) is 9.55. The molecule has 0 spiro atoms. The fraction of sp³-hybridized carbons (Fsp3) is 0.238. The van der Waals surface area contributed by atoms with Crippen LogP contribution in [0.25, 0.3) is 10.9 Å². The molecule has 2 amide bonds. The first-order chi connectivity index (χ1) is 13.5. The van der Waals surface area contributed by atoms with Crippen molar-refractivity contribution < 1.29 is 14.0 Å². The van der Waals surface area contributed by atoms with Gasteiger partial charge in [0.1, 0.15) is 5.82 Å². The van der Waals surface area contributed by atoms with Crippen LogP contribution in [-0.2, 0) is 22.6 Å². The van der Waals surface area contributed by atoms with Crippen molar-refractivity contribution in [1.29, 1.82) is 0 Å². The summed E-state index contributed by atoms with van der Waals surface area (Å²) >= 11 is 6.13. The van der Waals surface area contributed by atoms with Crippen LogP contribution in [0.1, 0.15) is 17.7 Å². The number of imide groups is 1. The summed E-state index contributed by atoms with van der Waals surface area (Å²) in [5.74, 6) is -1.30. The lowest BCUT2D eigenvalue weighted by atomic mass is 10.0. The van der Waals surface area contributed by atoms with Crippen LogP contribution in [0.2, 0.25) is 5.02 Å². The Morgan fingerprint density at radius 2 is 1.96 bits per heavy atom. The number of amides is 2. The van der Waals surface area contributed by atoms with Crippen LogP contribution in [0.15, 0.2) is 42.5 Å². The monoisotopic (exact) mass is 397 g/mol. The summed E-state index contributed by atoms with van der Waals surface area (Å²) in [4.78, 5) is 31.9. The standard InChI is InChI=1S/C21H17ClFN3O2/c22-12-5-6-16-14(9-12)13-7-8-25(11-17(13)24-16)19-10-20(27)26(21(19)28)18-4-2-1-3-15(18)23/h1-6,9,19,24H,7-8,10-11H2/t19-/m1/s1. The SMILES string of the molecule is O=C1C[C@@H](N2CCc3c([nH]c4ccc(Cl)cc34)C2)C(=O)N1c1ccccc1F. The largest absolute Gasteiger partial charge is 0.357 e. The molecule has 0 unspecified atom stereocenters. The van der Waals surface area contributed by atoms with E-state index in [1.807, 2.05) is 23.1 Å². The number of anilines is 1. The Hall–Kier alpha value is -2.70. The van der Waals surface area contributed by atoms with Gasteiger partial charge in [0.25, 0.3) is 5.91 Å². The van der Waals surface area contributed by atoms with Gasteiger partial charge in [-0.2, -0.15) is 0 Å². The Bertz CT molecular complexity index is 1130. The molecule has 1 fully saturated rings. The van der Waals surface area contributed by atoms with Crippen molar-refractivity contribution in [2.24, 2.45) is 0 Å². The highest BCUT2D eigenvalue weighted by Gasteiger charge is 2.44. The second-order valence-electron chi connectivity index (χ2n) is 7.23. The summed E-state index contributed by atoms with van der Waals surface area (Å²) in [7, 11) is 0. The molecule has 0 bridgehead atoms. The predicted octanol–water partition coefficient (Wildman–Crippen LogP) is 3.65. The van der Waals surface area contributed by atoms with Crippen LogP contribution in [0.3, 0.4) is 0 Å². The first kappa shape index (κ1) is 17.4. The number of fused-ring (bicyclic) bond motifs is 3. The normalized spacial score (nSPS) is 20.2. The number of carbonyl (C=O) groups is 2. The smallest absolute Gasteiger partial charge is 0.251 e. The van der Waals surface area contributed by atoms with Crippen LogP contribution in [0.5, 0.6) is 0 Å². The summed E-state index contributed by atoms with van der Waals surface area (Å²) in [6.07, 6.45) is 0.821. The molecule has 7 heteroatoms. The van der Waals surface area contributed by atoms with Crippen molar-refractivity contribution in [2.45, 2.75) is 25.4 Å². The highest BCUT2D eigenvalue weighted by atomic mass is 35.5. The molecular weight excluding hydrogens is 381 g/mol. The van der Waals surface area contributed by atoms with Crippen molar-refractivity contribution in [3.8, 4) is 0 Å². The van der Waals surface area contributed by atoms with Gasteiger partial charge in [-0.15, -0.1) is 0 Å². The molecular formula is C21H17ClFN3O2. The van der Waals surface area contributed by atoms with E-state index in [2.05, 4.69) is 4.98 Å². The molecule has 5 nitrogen and oxygen atoms in total. The van der Waals surface area contributed by atoms with Crippen LogP contribution in [0.4, 0.5) is 10.1 Å². The van der Waals surface area contributed by atoms with Crippen molar-refractivity contribution in [1.82, 2.24) is 9.88 Å². The van der Waals surface area contributed by atoms with Crippen LogP contribution in [0, 0.1) is 5.82 Å². The Balaban J connectivity index is 1.44. The van der Waals surface area contributed by atoms with Gasteiger partial charge in [0.2, 0.25) is 5.91 Å². The molecule has 2 aromatic carbocycles. The number of nitrogens with one attached hydrogen (secondary N) is 1. The number of rotatable bonds is 2. The highest BCUT2D eigenvalue weighted by molar-refractivity contribution is 6.31. The van der Waals surface area contributed by atoms with E-state index in [1.54, 1.807) is 6.07 Å². The van der Waals surface area contributed by atoms with Crippen molar-refractivity contribution in [3.63, 3.8) is 0 Å². The average molecular weight is 398 g/mol. The minimum atomic E-state index is -0.574. The van der Waals surface area contributed by atoms with Gasteiger partial charge in [-0.25, -0.2) is 9.29 Å². The molecule has 1 aromatic heterocycles. The lowest BCUT2D eigenvalue weighted by Gasteiger charge is -2.30. The molecule has 1 saturated heterocycles. The molecule has 3 heterocycles. The zero-order chi connectivity index (χ0) is 19.4. The second kappa shape index (κ2) is 6.43. The first-order valence-electron chi connectivity index (χ1n) is 9.17. The molecule has 0 radical (unpaired) electrons. The number of carbonyl (C=O) groups excluding carboxylic acids is 2. The van der Waals surface area contributed by atoms with E-state index in [-0.39, 0.29) is 23.9 Å². The number of para-hydroxylation sites is 1. The van der Waals surface area contributed by atoms with Gasteiger partial charge >= 0.3 is 0 Å². The Labute approximate surface area is 165 Å². The Morgan fingerprint density at radius 3 is 2.79 bits per heavy atom. The Kier molecular flexibility index (Phi) is 4.00. The van der Waals surface area contributed by atoms with Gasteiger partial charge in [0.05, 0.1) is 18.2 Å². The number of aromatic amines is 1. The molecule has 3 aromatic rings. The van der Waals surface area contributed by atoms with Gasteiger partial charge < -0.3 is 4.98 Å². The van der Waals surface area contributed by atoms with Gasteiger partial charge in [-0.1, -0.05) is 23.7 Å². The maximum atomic E-state index is 14.1. The van der Waals surface area contributed by atoms with Crippen LogP contribution in [-0.4, -0.2) is 34.3 Å². The molecule has 0 saturated carbocycles. The maximum Gasteiger partial charge on any atom is 0.251 e. The third kappa shape index (κ3) is 2.64. The fourth-order valence-corrected chi connectivity index (χ4v) is 4.46. The van der Waals surface area contributed by atoms with E-state index < -0.39 is 11.9 Å². The number of aromatic nitrogens is 1. The molecule has 2 aliphatic heterocycles. The lowest BCUT2D eigenvalue weighted by Crippen LogP contribution is -2.44. The van der Waals surface area contributed by atoms with E-state index >= 15 is 0 Å². The maximum absolute atomic E-state index is 14.1. The molecule has 0 aliphatic carbocycles. The summed E-state index contributed by atoms with van der Waals surface area (Å²) < 4.78 is 14.1. The lowest BCUT2D eigenvalue weighted by molar-refractivity contribution is -0.123. The molecule has 1 atom stereocenters. The third-order valence-electron chi connectivity index (χ3n) is 5.62. The number of hydrogen-bond acceptors (Lipinski definition) is 3. The molecule has 5 rings (SSSR count). The van der Waals surface area contributed by atoms with Crippen LogP contribution >= 0.6 is 11.6 Å². The zero-order valence-electron chi connectivity index (χ0n) is 14.9. The summed E-state index contributed by atoms with van der Waals surface area (Å²) in [5, 5.41) is 1.79. The summed E-state index contributed by atoms with van der Waals surface area (Å²) in [6.45, 7) is 1.19. The Morgan fingerprint density at radius 1 is 1.14 bits per heavy atom. The molecule has 1 N–H and O–H groups in total. The van der Waals surface area contributed by atoms with Gasteiger partial charge in [-0.05, 0) is 42.3 Å². The summed E-state index contributed by atoms with van der Waals surface area (Å²) in [6, 6.07) is 11.0. The quantitative estimate of drug-likeness (QED) is 0.671. The number of hydrogen-bond donors (Lipinski definition) is 1.